The first kappa shape index (κ1) is 17.6. The monoisotopic (exact) mass is 354 g/mol. The first-order chi connectivity index (χ1) is 11.9. The fourth-order valence-electron chi connectivity index (χ4n) is 3.10. The molecular weight excluding hydrogens is 337 g/mol. The molecule has 1 aliphatic rings. The van der Waals surface area contributed by atoms with Crippen LogP contribution in [0.15, 0.2) is 30.3 Å². The molecule has 4 nitrogen and oxygen atoms in total. The van der Waals surface area contributed by atoms with Gasteiger partial charge in [-0.2, -0.15) is 0 Å². The number of aliphatic hydroxyl groups excluding tert-OH is 2. The van der Waals surface area contributed by atoms with Crippen LogP contribution in [0.1, 0.15) is 16.7 Å². The van der Waals surface area contributed by atoms with Crippen LogP contribution >= 0.6 is 0 Å². The van der Waals surface area contributed by atoms with Crippen molar-refractivity contribution in [1.29, 1.82) is 0 Å². The minimum absolute atomic E-state index is 0.0650. The van der Waals surface area contributed by atoms with Crippen LogP contribution in [0.3, 0.4) is 0 Å². The maximum atomic E-state index is 12.3. The van der Waals surface area contributed by atoms with Crippen molar-refractivity contribution in [1.82, 2.24) is 0 Å². The van der Waals surface area contributed by atoms with Gasteiger partial charge in [0.05, 0.1) is 13.2 Å². The third-order valence-electron chi connectivity index (χ3n) is 4.13. The van der Waals surface area contributed by atoms with Crippen molar-refractivity contribution in [3.63, 3.8) is 0 Å². The lowest BCUT2D eigenvalue weighted by atomic mass is 9.91. The molecule has 0 unspecified atom stereocenters. The quantitative estimate of drug-likeness (QED) is 0.866. The Balaban J connectivity index is 2.02. The molecule has 2 aromatic carbocycles. The van der Waals surface area contributed by atoms with E-state index >= 15 is 0 Å². The standard InChI is InChI=1S/C18H17F3O4/c19-18(20,21)25-13-3-1-11(2-4-13)15-9-12(5-7-22)16(10-23)14-6-8-24-17(14)15/h1-4,9,22-23H,5-8,10H2. The van der Waals surface area contributed by atoms with Gasteiger partial charge < -0.3 is 19.7 Å². The second kappa shape index (κ2) is 6.93. The normalized spacial score (nSPS) is 13.5. The number of benzene rings is 2. The van der Waals surface area contributed by atoms with Gasteiger partial charge in [-0.3, -0.25) is 0 Å². The average Bonchev–Trinajstić information content (AvgIpc) is 3.03. The maximum absolute atomic E-state index is 12.3. The van der Waals surface area contributed by atoms with Crippen LogP contribution in [0.25, 0.3) is 11.1 Å². The van der Waals surface area contributed by atoms with Gasteiger partial charge in [0.25, 0.3) is 0 Å². The Labute approximate surface area is 142 Å². The molecule has 1 aliphatic heterocycles. The second-order valence-corrected chi connectivity index (χ2v) is 5.67. The highest BCUT2D eigenvalue weighted by molar-refractivity contribution is 5.75. The topological polar surface area (TPSA) is 58.9 Å². The molecule has 7 heteroatoms. The van der Waals surface area contributed by atoms with Crippen LogP contribution in [0.5, 0.6) is 11.5 Å². The Kier molecular flexibility index (Phi) is 4.87. The van der Waals surface area contributed by atoms with E-state index < -0.39 is 6.36 Å². The van der Waals surface area contributed by atoms with Gasteiger partial charge in [-0.1, -0.05) is 12.1 Å². The summed E-state index contributed by atoms with van der Waals surface area (Å²) < 4.78 is 46.4. The zero-order valence-corrected chi connectivity index (χ0v) is 13.3. The highest BCUT2D eigenvalue weighted by Gasteiger charge is 2.31. The van der Waals surface area contributed by atoms with E-state index in [1.54, 1.807) is 0 Å². The summed E-state index contributed by atoms with van der Waals surface area (Å²) >= 11 is 0. The first-order valence-corrected chi connectivity index (χ1v) is 7.81. The van der Waals surface area contributed by atoms with E-state index in [1.165, 1.54) is 24.3 Å². The highest BCUT2D eigenvalue weighted by atomic mass is 19.4. The fourth-order valence-corrected chi connectivity index (χ4v) is 3.10. The molecule has 0 amide bonds. The van der Waals surface area contributed by atoms with E-state index in [1.807, 2.05) is 6.07 Å². The molecule has 0 aliphatic carbocycles. The minimum atomic E-state index is -4.73. The van der Waals surface area contributed by atoms with Crippen LogP contribution in [-0.2, 0) is 19.4 Å². The van der Waals surface area contributed by atoms with E-state index in [9.17, 15) is 23.4 Å². The van der Waals surface area contributed by atoms with Crippen LogP contribution in [-0.4, -0.2) is 29.8 Å². The number of alkyl halides is 3. The predicted octanol–water partition coefficient (Wildman–Crippen LogP) is 3.21. The Bertz CT molecular complexity index is 754. The van der Waals surface area contributed by atoms with Gasteiger partial charge in [0, 0.05) is 24.2 Å². The average molecular weight is 354 g/mol. The van der Waals surface area contributed by atoms with Gasteiger partial charge >= 0.3 is 6.36 Å². The molecule has 0 bridgehead atoms. The molecule has 0 atom stereocenters. The SMILES string of the molecule is OCCc1cc(-c2ccc(OC(F)(F)F)cc2)c2c(c1CO)CCO2. The molecule has 2 aromatic rings. The summed E-state index contributed by atoms with van der Waals surface area (Å²) in [6.45, 7) is 0.261. The molecule has 0 aromatic heterocycles. The molecule has 2 N–H and O–H groups in total. The molecule has 3 rings (SSSR count). The lowest BCUT2D eigenvalue weighted by molar-refractivity contribution is -0.274. The number of halogens is 3. The number of ether oxygens (including phenoxy) is 2. The lowest BCUT2D eigenvalue weighted by Crippen LogP contribution is -2.16. The molecule has 0 saturated heterocycles. The van der Waals surface area contributed by atoms with Gasteiger partial charge in [-0.05, 0) is 41.3 Å². The summed E-state index contributed by atoms with van der Waals surface area (Å²) in [5.74, 6) is 0.339. The predicted molar refractivity (Wildman–Crippen MR) is 84.5 cm³/mol. The molecule has 25 heavy (non-hydrogen) atoms. The number of hydrogen-bond acceptors (Lipinski definition) is 4. The molecule has 0 spiro atoms. The highest BCUT2D eigenvalue weighted by Crippen LogP contribution is 2.41. The van der Waals surface area contributed by atoms with E-state index in [2.05, 4.69) is 4.74 Å². The van der Waals surface area contributed by atoms with Crippen molar-refractivity contribution in [2.24, 2.45) is 0 Å². The number of rotatable bonds is 5. The second-order valence-electron chi connectivity index (χ2n) is 5.67. The molecule has 0 fully saturated rings. The molecular formula is C18H17F3O4. The third-order valence-corrected chi connectivity index (χ3v) is 4.13. The van der Waals surface area contributed by atoms with Crippen molar-refractivity contribution in [2.75, 3.05) is 13.2 Å². The summed E-state index contributed by atoms with van der Waals surface area (Å²) in [6.07, 6.45) is -3.71. The Morgan fingerprint density at radius 2 is 1.84 bits per heavy atom. The van der Waals surface area contributed by atoms with Gasteiger partial charge in [0.1, 0.15) is 11.5 Å². The van der Waals surface area contributed by atoms with Gasteiger partial charge in [0.15, 0.2) is 0 Å². The summed E-state index contributed by atoms with van der Waals surface area (Å²) in [4.78, 5) is 0. The van der Waals surface area contributed by atoms with E-state index in [4.69, 9.17) is 4.74 Å². The molecule has 0 radical (unpaired) electrons. The van der Waals surface area contributed by atoms with Crippen molar-refractivity contribution >= 4 is 0 Å². The largest absolute Gasteiger partial charge is 0.573 e. The Morgan fingerprint density at radius 3 is 2.44 bits per heavy atom. The van der Waals surface area contributed by atoms with Gasteiger partial charge in [0.2, 0.25) is 0 Å². The number of fused-ring (bicyclic) bond motifs is 1. The summed E-state index contributed by atoms with van der Waals surface area (Å²) in [5.41, 5.74) is 3.85. The third kappa shape index (κ3) is 3.72. The van der Waals surface area contributed by atoms with Crippen molar-refractivity contribution in [3.8, 4) is 22.6 Å². The molecule has 0 saturated carbocycles. The van der Waals surface area contributed by atoms with E-state index in [0.29, 0.717) is 30.8 Å². The van der Waals surface area contributed by atoms with Gasteiger partial charge in [-0.15, -0.1) is 13.2 Å². The zero-order valence-electron chi connectivity index (χ0n) is 13.3. The summed E-state index contributed by atoms with van der Waals surface area (Å²) in [5, 5.41) is 18.9. The van der Waals surface area contributed by atoms with Gasteiger partial charge in [-0.25, -0.2) is 0 Å². The maximum Gasteiger partial charge on any atom is 0.573 e. The smallest absolute Gasteiger partial charge is 0.492 e. The van der Waals surface area contributed by atoms with E-state index in [-0.39, 0.29) is 19.0 Å². The van der Waals surface area contributed by atoms with Crippen LogP contribution in [0, 0.1) is 0 Å². The first-order valence-electron chi connectivity index (χ1n) is 7.81. The number of hydrogen-bond donors (Lipinski definition) is 2. The summed E-state index contributed by atoms with van der Waals surface area (Å²) in [6, 6.07) is 7.36. The van der Waals surface area contributed by atoms with Crippen molar-refractivity contribution in [2.45, 2.75) is 25.8 Å². The van der Waals surface area contributed by atoms with Crippen LogP contribution < -0.4 is 9.47 Å². The van der Waals surface area contributed by atoms with Crippen molar-refractivity contribution < 1.29 is 32.9 Å². The Morgan fingerprint density at radius 1 is 1.12 bits per heavy atom. The summed E-state index contributed by atoms with van der Waals surface area (Å²) in [7, 11) is 0. The fraction of sp³-hybridized carbons (Fsp3) is 0.333. The molecule has 134 valence electrons. The van der Waals surface area contributed by atoms with Crippen LogP contribution in [0.4, 0.5) is 13.2 Å². The minimum Gasteiger partial charge on any atom is -0.492 e. The Hall–Kier alpha value is -2.25. The number of aliphatic hydroxyl groups is 2. The zero-order chi connectivity index (χ0) is 18.0. The molecule has 1 heterocycles. The lowest BCUT2D eigenvalue weighted by Gasteiger charge is -2.16. The van der Waals surface area contributed by atoms with E-state index in [0.717, 1.165) is 22.3 Å². The van der Waals surface area contributed by atoms with Crippen LogP contribution in [0.2, 0.25) is 0 Å². The van der Waals surface area contributed by atoms with Crippen molar-refractivity contribution in [3.05, 3.63) is 47.0 Å².